The molecule has 0 saturated carbocycles. The Morgan fingerprint density at radius 2 is 1.22 bits per heavy atom. The lowest BCUT2D eigenvalue weighted by Gasteiger charge is -1.86. The van der Waals surface area contributed by atoms with Gasteiger partial charge in [0.25, 0.3) is 0 Å². The summed E-state index contributed by atoms with van der Waals surface area (Å²) in [6.07, 6.45) is 0. The van der Waals surface area contributed by atoms with Crippen LogP contribution in [0.5, 0.6) is 0 Å². The second kappa shape index (κ2) is 16.0. The maximum absolute atomic E-state index is 3.79. The SMILES string of the molecule is CCS.CCSSCC. The predicted octanol–water partition coefficient (Wildman–Crippen LogP) is 3.34. The molecular formula is C6H16S3. The van der Waals surface area contributed by atoms with Crippen LogP contribution in [0.2, 0.25) is 0 Å². The van der Waals surface area contributed by atoms with Crippen LogP contribution in [0.1, 0.15) is 20.8 Å². The molecule has 0 unspecified atom stereocenters. The quantitative estimate of drug-likeness (QED) is 0.406. The second-order valence-corrected chi connectivity index (χ2v) is 4.80. The summed E-state index contributed by atoms with van der Waals surface area (Å²) in [4.78, 5) is 0. The number of hydrogen-bond donors (Lipinski definition) is 1. The molecule has 0 heterocycles. The minimum atomic E-state index is 0.944. The van der Waals surface area contributed by atoms with Crippen molar-refractivity contribution in [1.82, 2.24) is 0 Å². The molecule has 0 nitrogen and oxygen atoms in total. The predicted molar refractivity (Wildman–Crippen MR) is 55.8 cm³/mol. The Kier molecular flexibility index (Phi) is 22.6. The molecule has 0 spiro atoms. The Bertz CT molecular complexity index is 27.5. The number of rotatable bonds is 3. The van der Waals surface area contributed by atoms with Crippen molar-refractivity contribution in [2.75, 3.05) is 17.3 Å². The summed E-state index contributed by atoms with van der Waals surface area (Å²) >= 11 is 3.79. The first-order valence-electron chi connectivity index (χ1n) is 3.18. The summed E-state index contributed by atoms with van der Waals surface area (Å²) in [5, 5.41) is 0. The van der Waals surface area contributed by atoms with Crippen LogP contribution >= 0.6 is 34.2 Å². The first-order valence-corrected chi connectivity index (χ1v) is 6.30. The van der Waals surface area contributed by atoms with E-state index in [1.165, 1.54) is 11.5 Å². The highest BCUT2D eigenvalue weighted by atomic mass is 33.1. The highest BCUT2D eigenvalue weighted by Crippen LogP contribution is 2.18. The Morgan fingerprint density at radius 1 is 1.00 bits per heavy atom. The number of thiol groups is 1. The van der Waals surface area contributed by atoms with E-state index in [1.807, 2.05) is 28.5 Å². The minimum Gasteiger partial charge on any atom is -0.180 e. The summed E-state index contributed by atoms with van der Waals surface area (Å²) in [6, 6.07) is 0. The largest absolute Gasteiger partial charge is 0.180 e. The van der Waals surface area contributed by atoms with Gasteiger partial charge < -0.3 is 0 Å². The zero-order valence-corrected chi connectivity index (χ0v) is 8.91. The van der Waals surface area contributed by atoms with Crippen LogP contribution in [0.15, 0.2) is 0 Å². The fraction of sp³-hybridized carbons (Fsp3) is 1.00. The van der Waals surface area contributed by atoms with Gasteiger partial charge in [0.05, 0.1) is 0 Å². The molecule has 0 aromatic rings. The molecule has 9 heavy (non-hydrogen) atoms. The van der Waals surface area contributed by atoms with Gasteiger partial charge in [-0.1, -0.05) is 42.4 Å². The molecular weight excluding hydrogens is 168 g/mol. The van der Waals surface area contributed by atoms with Gasteiger partial charge in [0.15, 0.2) is 0 Å². The van der Waals surface area contributed by atoms with Crippen molar-refractivity contribution >= 4 is 34.2 Å². The van der Waals surface area contributed by atoms with Crippen molar-refractivity contribution in [3.05, 3.63) is 0 Å². The third-order valence-corrected chi connectivity index (χ3v) is 2.87. The Labute approximate surface area is 72.4 Å². The van der Waals surface area contributed by atoms with Crippen LogP contribution in [0, 0.1) is 0 Å². The standard InChI is InChI=1S/C4H10S2.C2H6S/c1-3-5-6-4-2;1-2-3/h3-4H2,1-2H3;3H,2H2,1H3. The van der Waals surface area contributed by atoms with Gasteiger partial charge in [-0.2, -0.15) is 12.6 Å². The fourth-order valence-corrected chi connectivity index (χ4v) is 1.50. The average Bonchev–Trinajstić information content (AvgIpc) is 1.86. The highest BCUT2D eigenvalue weighted by molar-refractivity contribution is 8.76. The molecule has 0 radical (unpaired) electrons. The monoisotopic (exact) mass is 184 g/mol. The molecule has 0 aliphatic rings. The summed E-state index contributed by atoms with van der Waals surface area (Å²) in [5.74, 6) is 3.41. The summed E-state index contributed by atoms with van der Waals surface area (Å²) in [6.45, 7) is 6.34. The van der Waals surface area contributed by atoms with Crippen molar-refractivity contribution in [1.29, 1.82) is 0 Å². The van der Waals surface area contributed by atoms with Crippen molar-refractivity contribution in [2.45, 2.75) is 20.8 Å². The van der Waals surface area contributed by atoms with Gasteiger partial charge in [0.2, 0.25) is 0 Å². The summed E-state index contributed by atoms with van der Waals surface area (Å²) in [5.41, 5.74) is 0. The molecule has 0 aromatic heterocycles. The highest BCUT2D eigenvalue weighted by Gasteiger charge is 1.75. The van der Waals surface area contributed by atoms with Crippen LogP contribution in [-0.2, 0) is 0 Å². The lowest BCUT2D eigenvalue weighted by Crippen LogP contribution is -1.59. The molecule has 0 rings (SSSR count). The molecule has 0 saturated heterocycles. The molecule has 0 fully saturated rings. The Morgan fingerprint density at radius 3 is 1.33 bits per heavy atom. The topological polar surface area (TPSA) is 0 Å². The van der Waals surface area contributed by atoms with Crippen LogP contribution in [0.3, 0.4) is 0 Å². The first-order chi connectivity index (χ1) is 4.33. The van der Waals surface area contributed by atoms with E-state index in [1.54, 1.807) is 0 Å². The Balaban J connectivity index is 0. The normalized spacial score (nSPS) is 8.00. The van der Waals surface area contributed by atoms with Crippen molar-refractivity contribution in [3.8, 4) is 0 Å². The molecule has 0 bridgehead atoms. The maximum atomic E-state index is 3.79. The molecule has 0 aromatic carbocycles. The van der Waals surface area contributed by atoms with Gasteiger partial charge in [-0.3, -0.25) is 0 Å². The van der Waals surface area contributed by atoms with E-state index < -0.39 is 0 Å². The Hall–Kier alpha value is 1.05. The maximum Gasteiger partial charge on any atom is 0.000844 e. The van der Waals surface area contributed by atoms with Gasteiger partial charge in [0, 0.05) is 11.5 Å². The van der Waals surface area contributed by atoms with Crippen LogP contribution in [0.4, 0.5) is 0 Å². The van der Waals surface area contributed by atoms with E-state index in [-0.39, 0.29) is 0 Å². The van der Waals surface area contributed by atoms with Gasteiger partial charge in [0.1, 0.15) is 0 Å². The van der Waals surface area contributed by atoms with Gasteiger partial charge >= 0.3 is 0 Å². The fourth-order valence-electron chi connectivity index (χ4n) is 0.167. The van der Waals surface area contributed by atoms with Gasteiger partial charge in [-0.25, -0.2) is 0 Å². The van der Waals surface area contributed by atoms with Crippen molar-refractivity contribution < 1.29 is 0 Å². The minimum absolute atomic E-state index is 0.944. The molecule has 0 aliphatic heterocycles. The van der Waals surface area contributed by atoms with Gasteiger partial charge in [-0.05, 0) is 5.75 Å². The molecule has 0 atom stereocenters. The van der Waals surface area contributed by atoms with Crippen molar-refractivity contribution in [3.63, 3.8) is 0 Å². The zero-order valence-electron chi connectivity index (χ0n) is 6.39. The molecule has 0 N–H and O–H groups in total. The van der Waals surface area contributed by atoms with Crippen LogP contribution in [0.25, 0.3) is 0 Å². The van der Waals surface area contributed by atoms with Crippen LogP contribution in [-0.4, -0.2) is 17.3 Å². The second-order valence-electron chi connectivity index (χ2n) is 1.13. The van der Waals surface area contributed by atoms with Crippen LogP contribution < -0.4 is 0 Å². The van der Waals surface area contributed by atoms with E-state index >= 15 is 0 Å². The van der Waals surface area contributed by atoms with E-state index in [0.717, 1.165) is 5.75 Å². The van der Waals surface area contributed by atoms with Gasteiger partial charge in [-0.15, -0.1) is 0 Å². The van der Waals surface area contributed by atoms with Crippen molar-refractivity contribution in [2.24, 2.45) is 0 Å². The third kappa shape index (κ3) is 27.4. The molecule has 58 valence electrons. The molecule has 3 heteroatoms. The lowest BCUT2D eigenvalue weighted by molar-refractivity contribution is 1.53. The van der Waals surface area contributed by atoms with E-state index in [0.29, 0.717) is 0 Å². The molecule has 0 amide bonds. The summed E-state index contributed by atoms with van der Waals surface area (Å²) < 4.78 is 0. The smallest absolute Gasteiger partial charge is 0.000844 e. The zero-order chi connectivity index (χ0) is 7.54. The lowest BCUT2D eigenvalue weighted by atomic mass is 11.0. The first kappa shape index (κ1) is 12.7. The summed E-state index contributed by atoms with van der Waals surface area (Å²) in [7, 11) is 3.85. The van der Waals surface area contributed by atoms with E-state index in [4.69, 9.17) is 0 Å². The third-order valence-electron chi connectivity index (χ3n) is 0.319. The molecule has 0 aliphatic carbocycles. The average molecular weight is 184 g/mol. The van der Waals surface area contributed by atoms with E-state index in [2.05, 4.69) is 26.5 Å². The van der Waals surface area contributed by atoms with E-state index in [9.17, 15) is 0 Å². The number of hydrogen-bond acceptors (Lipinski definition) is 3.